The number of rotatable bonds is 3. The fourth-order valence-corrected chi connectivity index (χ4v) is 1.61. The van der Waals surface area contributed by atoms with Crippen molar-refractivity contribution in [1.29, 1.82) is 0 Å². The molecule has 0 aromatic heterocycles. The normalized spacial score (nSPS) is 19.4. The third kappa shape index (κ3) is 3.57. The van der Waals surface area contributed by atoms with E-state index in [-0.39, 0.29) is 5.41 Å². The second kappa shape index (κ2) is 4.46. The Morgan fingerprint density at radius 3 is 2.24 bits per heavy atom. The summed E-state index contributed by atoms with van der Waals surface area (Å²) in [4.78, 5) is 11.5. The predicted octanol–water partition coefficient (Wildman–Crippen LogP) is 0.872. The Bertz CT molecular complexity index is 291. The quantitative estimate of drug-likeness (QED) is 0.689. The molecule has 1 aliphatic rings. The summed E-state index contributed by atoms with van der Waals surface area (Å²) in [6.45, 7) is 10.9. The molecule has 0 spiro atoms. The largest absolute Gasteiger partial charge is 0.444 e. The summed E-state index contributed by atoms with van der Waals surface area (Å²) in [6.07, 6.45) is -0.443. The van der Waals surface area contributed by atoms with E-state index in [2.05, 4.69) is 10.6 Å². The Hall–Kier alpha value is -0.810. The number of aliphatic hydroxyl groups is 1. The second-order valence-electron chi connectivity index (χ2n) is 6.37. The van der Waals surface area contributed by atoms with Crippen LogP contribution in [0.3, 0.4) is 0 Å². The summed E-state index contributed by atoms with van der Waals surface area (Å²) in [5, 5.41) is 16.0. The van der Waals surface area contributed by atoms with E-state index in [1.807, 2.05) is 34.6 Å². The average molecular weight is 244 g/mol. The van der Waals surface area contributed by atoms with Crippen LogP contribution in [0.4, 0.5) is 4.79 Å². The van der Waals surface area contributed by atoms with Crippen LogP contribution >= 0.6 is 0 Å². The zero-order chi connectivity index (χ0) is 13.3. The van der Waals surface area contributed by atoms with Crippen LogP contribution in [0.1, 0.15) is 34.6 Å². The zero-order valence-corrected chi connectivity index (χ0v) is 11.4. The SMILES string of the molecule is CC(C)(C)OC(=O)NCC(C)(C)C1(O)CNC1. The highest BCUT2D eigenvalue weighted by atomic mass is 16.6. The van der Waals surface area contributed by atoms with Gasteiger partial charge in [0.05, 0.1) is 5.60 Å². The van der Waals surface area contributed by atoms with Crippen LogP contribution < -0.4 is 10.6 Å². The molecule has 1 aliphatic heterocycles. The lowest BCUT2D eigenvalue weighted by molar-refractivity contribution is -0.103. The Morgan fingerprint density at radius 1 is 1.35 bits per heavy atom. The Labute approximate surface area is 103 Å². The van der Waals surface area contributed by atoms with Gasteiger partial charge in [-0.05, 0) is 20.8 Å². The maximum absolute atomic E-state index is 11.5. The molecule has 0 saturated carbocycles. The van der Waals surface area contributed by atoms with Crippen molar-refractivity contribution < 1.29 is 14.6 Å². The lowest BCUT2D eigenvalue weighted by Gasteiger charge is -2.49. The summed E-state index contributed by atoms with van der Waals surface area (Å²) in [5.41, 5.74) is -1.62. The van der Waals surface area contributed by atoms with Gasteiger partial charge >= 0.3 is 6.09 Å². The van der Waals surface area contributed by atoms with Gasteiger partial charge in [-0.1, -0.05) is 13.8 Å². The Kier molecular flexibility index (Phi) is 3.74. The minimum absolute atomic E-state index is 0.380. The van der Waals surface area contributed by atoms with E-state index in [1.165, 1.54) is 0 Å². The van der Waals surface area contributed by atoms with Crippen LogP contribution in [-0.4, -0.2) is 42.0 Å². The molecule has 1 rings (SSSR count). The van der Waals surface area contributed by atoms with Crippen molar-refractivity contribution in [3.63, 3.8) is 0 Å². The number of β-amino-alcohol motifs (C(OH)–C–C–N with tert-alkyl or cyclic N) is 1. The molecule has 0 aromatic carbocycles. The molecule has 5 heteroatoms. The summed E-state index contributed by atoms with van der Waals surface area (Å²) in [5.74, 6) is 0. The standard InChI is InChI=1S/C12H24N2O3/c1-10(2,3)17-9(15)14-6-11(4,5)12(16)7-13-8-12/h13,16H,6-8H2,1-5H3,(H,14,15). The van der Waals surface area contributed by atoms with Crippen LogP contribution in [0.15, 0.2) is 0 Å². The second-order valence-corrected chi connectivity index (χ2v) is 6.37. The van der Waals surface area contributed by atoms with Crippen LogP contribution in [0.2, 0.25) is 0 Å². The van der Waals surface area contributed by atoms with Crippen molar-refractivity contribution in [1.82, 2.24) is 10.6 Å². The molecule has 0 aromatic rings. The molecule has 1 saturated heterocycles. The average Bonchev–Trinajstić information content (AvgIpc) is 2.08. The fourth-order valence-electron chi connectivity index (χ4n) is 1.61. The first kappa shape index (κ1) is 14.3. The lowest BCUT2D eigenvalue weighted by Crippen LogP contribution is -2.69. The number of hydrogen-bond donors (Lipinski definition) is 3. The summed E-state index contributed by atoms with van der Waals surface area (Å²) >= 11 is 0. The number of carbonyl (C=O) groups is 1. The minimum Gasteiger partial charge on any atom is -0.444 e. The van der Waals surface area contributed by atoms with Gasteiger partial charge in [0, 0.05) is 25.0 Å². The number of alkyl carbamates (subject to hydrolysis) is 1. The smallest absolute Gasteiger partial charge is 0.407 e. The highest BCUT2D eigenvalue weighted by Crippen LogP contribution is 2.33. The molecule has 0 unspecified atom stereocenters. The third-order valence-electron chi connectivity index (χ3n) is 3.17. The topological polar surface area (TPSA) is 70.6 Å². The van der Waals surface area contributed by atoms with E-state index < -0.39 is 17.3 Å². The monoisotopic (exact) mass is 244 g/mol. The fraction of sp³-hybridized carbons (Fsp3) is 0.917. The number of amides is 1. The van der Waals surface area contributed by atoms with Crippen molar-refractivity contribution in [2.24, 2.45) is 5.41 Å². The summed E-state index contributed by atoms with van der Waals surface area (Å²) < 4.78 is 5.15. The minimum atomic E-state index is -0.748. The van der Waals surface area contributed by atoms with E-state index in [4.69, 9.17) is 4.74 Å². The molecule has 0 aliphatic carbocycles. The molecule has 0 bridgehead atoms. The van der Waals surface area contributed by atoms with Gasteiger partial charge in [-0.3, -0.25) is 0 Å². The van der Waals surface area contributed by atoms with Gasteiger partial charge in [0.2, 0.25) is 0 Å². The van der Waals surface area contributed by atoms with Crippen LogP contribution in [0, 0.1) is 5.41 Å². The third-order valence-corrected chi connectivity index (χ3v) is 3.17. The molecule has 17 heavy (non-hydrogen) atoms. The molecule has 5 nitrogen and oxygen atoms in total. The number of carbonyl (C=O) groups excluding carboxylic acids is 1. The van der Waals surface area contributed by atoms with Crippen LogP contribution in [0.5, 0.6) is 0 Å². The first-order valence-electron chi connectivity index (χ1n) is 5.96. The van der Waals surface area contributed by atoms with E-state index in [1.54, 1.807) is 0 Å². The Morgan fingerprint density at radius 2 is 1.88 bits per heavy atom. The van der Waals surface area contributed by atoms with E-state index in [0.717, 1.165) is 0 Å². The van der Waals surface area contributed by atoms with Gasteiger partial charge in [-0.2, -0.15) is 0 Å². The van der Waals surface area contributed by atoms with Gasteiger partial charge in [-0.15, -0.1) is 0 Å². The molecule has 1 amide bonds. The molecule has 1 heterocycles. The van der Waals surface area contributed by atoms with Crippen molar-refractivity contribution in [2.45, 2.75) is 45.8 Å². The molecule has 0 radical (unpaired) electrons. The van der Waals surface area contributed by atoms with E-state index in [9.17, 15) is 9.90 Å². The van der Waals surface area contributed by atoms with Crippen LogP contribution in [-0.2, 0) is 4.74 Å². The van der Waals surface area contributed by atoms with Gasteiger partial charge in [-0.25, -0.2) is 4.79 Å². The molecule has 3 N–H and O–H groups in total. The number of hydrogen-bond acceptors (Lipinski definition) is 4. The van der Waals surface area contributed by atoms with Crippen LogP contribution in [0.25, 0.3) is 0 Å². The maximum Gasteiger partial charge on any atom is 0.407 e. The van der Waals surface area contributed by atoms with Crippen molar-refractivity contribution >= 4 is 6.09 Å². The molecular formula is C12H24N2O3. The van der Waals surface area contributed by atoms with Gasteiger partial charge in [0.15, 0.2) is 0 Å². The zero-order valence-electron chi connectivity index (χ0n) is 11.4. The van der Waals surface area contributed by atoms with Gasteiger partial charge in [0.25, 0.3) is 0 Å². The molecule has 1 fully saturated rings. The van der Waals surface area contributed by atoms with Crippen molar-refractivity contribution in [3.8, 4) is 0 Å². The van der Waals surface area contributed by atoms with Gasteiger partial charge in [0.1, 0.15) is 5.60 Å². The van der Waals surface area contributed by atoms with Crippen molar-refractivity contribution in [3.05, 3.63) is 0 Å². The summed E-state index contributed by atoms with van der Waals surface area (Å²) in [6, 6.07) is 0. The Balaban J connectivity index is 2.42. The highest BCUT2D eigenvalue weighted by Gasteiger charge is 2.48. The number of ether oxygens (including phenoxy) is 1. The van der Waals surface area contributed by atoms with E-state index >= 15 is 0 Å². The maximum atomic E-state index is 11.5. The van der Waals surface area contributed by atoms with E-state index in [0.29, 0.717) is 19.6 Å². The molecular weight excluding hydrogens is 220 g/mol. The lowest BCUT2D eigenvalue weighted by atomic mass is 9.71. The first-order valence-corrected chi connectivity index (χ1v) is 5.96. The highest BCUT2D eigenvalue weighted by molar-refractivity contribution is 5.67. The molecule has 0 atom stereocenters. The van der Waals surface area contributed by atoms with Gasteiger partial charge < -0.3 is 20.5 Å². The van der Waals surface area contributed by atoms with Crippen molar-refractivity contribution in [2.75, 3.05) is 19.6 Å². The summed E-state index contributed by atoms with van der Waals surface area (Å²) in [7, 11) is 0. The predicted molar refractivity (Wildman–Crippen MR) is 65.8 cm³/mol. The first-order chi connectivity index (χ1) is 7.56. The molecule has 100 valence electrons. The number of nitrogens with one attached hydrogen (secondary N) is 2.